The van der Waals surface area contributed by atoms with Gasteiger partial charge in [-0.05, 0) is 12.5 Å². The first kappa shape index (κ1) is 10.9. The number of ether oxygens (including phenoxy) is 1. The molecular formula is C12H11ClN2O. The summed E-state index contributed by atoms with van der Waals surface area (Å²) in [5.74, 6) is 0.434. The van der Waals surface area contributed by atoms with Crippen molar-refractivity contribution in [3.05, 3.63) is 53.4 Å². The summed E-state index contributed by atoms with van der Waals surface area (Å²) in [5, 5.41) is 0.331. The van der Waals surface area contributed by atoms with Crippen LogP contribution in [0, 0.1) is 0 Å². The molecule has 1 aromatic carbocycles. The van der Waals surface area contributed by atoms with Crippen LogP contribution in [0.5, 0.6) is 5.88 Å². The van der Waals surface area contributed by atoms with E-state index in [1.807, 2.05) is 37.3 Å². The van der Waals surface area contributed by atoms with Crippen molar-refractivity contribution >= 4 is 11.6 Å². The topological polar surface area (TPSA) is 35.0 Å². The monoisotopic (exact) mass is 234 g/mol. The molecule has 0 aliphatic carbocycles. The second-order valence-corrected chi connectivity index (χ2v) is 3.74. The highest BCUT2D eigenvalue weighted by molar-refractivity contribution is 6.29. The molecule has 16 heavy (non-hydrogen) atoms. The Balaban J connectivity index is 2.11. The Kier molecular flexibility index (Phi) is 3.37. The van der Waals surface area contributed by atoms with Crippen LogP contribution in [-0.4, -0.2) is 9.97 Å². The summed E-state index contributed by atoms with van der Waals surface area (Å²) in [4.78, 5) is 7.93. The van der Waals surface area contributed by atoms with E-state index in [1.54, 1.807) is 6.20 Å². The molecule has 0 unspecified atom stereocenters. The van der Waals surface area contributed by atoms with Gasteiger partial charge in [0.1, 0.15) is 6.10 Å². The summed E-state index contributed by atoms with van der Waals surface area (Å²) in [6.45, 7) is 1.96. The normalized spacial score (nSPS) is 12.1. The fraction of sp³-hybridized carbons (Fsp3) is 0.167. The number of hydrogen-bond donors (Lipinski definition) is 0. The zero-order chi connectivity index (χ0) is 11.4. The summed E-state index contributed by atoms with van der Waals surface area (Å²) in [7, 11) is 0. The molecule has 1 atom stereocenters. The average molecular weight is 235 g/mol. The molecule has 0 aliphatic heterocycles. The van der Waals surface area contributed by atoms with Crippen molar-refractivity contribution in [3.8, 4) is 5.88 Å². The van der Waals surface area contributed by atoms with E-state index in [2.05, 4.69) is 9.97 Å². The van der Waals surface area contributed by atoms with E-state index in [9.17, 15) is 0 Å². The van der Waals surface area contributed by atoms with Crippen molar-refractivity contribution in [2.45, 2.75) is 13.0 Å². The van der Waals surface area contributed by atoms with E-state index in [0.29, 0.717) is 11.0 Å². The second kappa shape index (κ2) is 4.94. The fourth-order valence-electron chi connectivity index (χ4n) is 1.36. The number of benzene rings is 1. The maximum absolute atomic E-state index is 5.72. The fourth-order valence-corrected chi connectivity index (χ4v) is 1.50. The molecule has 2 rings (SSSR count). The van der Waals surface area contributed by atoms with Crippen LogP contribution in [0.25, 0.3) is 0 Å². The highest BCUT2D eigenvalue weighted by atomic mass is 35.5. The van der Waals surface area contributed by atoms with E-state index in [0.717, 1.165) is 5.56 Å². The quantitative estimate of drug-likeness (QED) is 0.818. The predicted molar refractivity (Wildman–Crippen MR) is 62.5 cm³/mol. The van der Waals surface area contributed by atoms with Gasteiger partial charge in [0.15, 0.2) is 5.15 Å². The Morgan fingerprint density at radius 3 is 2.62 bits per heavy atom. The lowest BCUT2D eigenvalue weighted by Crippen LogP contribution is -2.04. The highest BCUT2D eigenvalue weighted by Gasteiger charge is 2.07. The summed E-state index contributed by atoms with van der Waals surface area (Å²) in [6.07, 6.45) is 2.95. The summed E-state index contributed by atoms with van der Waals surface area (Å²) < 4.78 is 5.62. The second-order valence-electron chi connectivity index (χ2n) is 3.35. The molecule has 1 aromatic heterocycles. The van der Waals surface area contributed by atoms with E-state index in [4.69, 9.17) is 16.3 Å². The smallest absolute Gasteiger partial charge is 0.234 e. The Labute approximate surface area is 99.1 Å². The van der Waals surface area contributed by atoms with Crippen LogP contribution in [0.2, 0.25) is 5.15 Å². The number of rotatable bonds is 3. The third kappa shape index (κ3) is 2.70. The van der Waals surface area contributed by atoms with Gasteiger partial charge in [0.05, 0.1) is 12.4 Å². The molecule has 3 nitrogen and oxygen atoms in total. The maximum atomic E-state index is 5.72. The minimum atomic E-state index is -0.0750. The van der Waals surface area contributed by atoms with Gasteiger partial charge in [-0.2, -0.15) is 4.98 Å². The van der Waals surface area contributed by atoms with Gasteiger partial charge in [-0.3, -0.25) is 4.98 Å². The van der Waals surface area contributed by atoms with E-state index < -0.39 is 0 Å². The van der Waals surface area contributed by atoms with Gasteiger partial charge in [-0.25, -0.2) is 0 Å². The Morgan fingerprint density at radius 1 is 1.19 bits per heavy atom. The molecule has 1 heterocycles. The molecule has 0 saturated carbocycles. The van der Waals surface area contributed by atoms with E-state index >= 15 is 0 Å². The highest BCUT2D eigenvalue weighted by Crippen LogP contribution is 2.19. The number of halogens is 1. The van der Waals surface area contributed by atoms with Gasteiger partial charge in [0, 0.05) is 0 Å². The molecule has 0 amide bonds. The number of hydrogen-bond acceptors (Lipinski definition) is 3. The third-order valence-electron chi connectivity index (χ3n) is 2.15. The third-order valence-corrected chi connectivity index (χ3v) is 2.33. The zero-order valence-electron chi connectivity index (χ0n) is 8.80. The molecule has 0 spiro atoms. The number of aromatic nitrogens is 2. The molecule has 0 N–H and O–H groups in total. The molecule has 82 valence electrons. The van der Waals surface area contributed by atoms with Crippen LogP contribution in [0.3, 0.4) is 0 Å². The molecular weight excluding hydrogens is 224 g/mol. The Hall–Kier alpha value is -1.61. The van der Waals surface area contributed by atoms with Crippen molar-refractivity contribution in [2.75, 3.05) is 0 Å². The Morgan fingerprint density at radius 2 is 1.94 bits per heavy atom. The summed E-state index contributed by atoms with van der Waals surface area (Å²) in [6, 6.07) is 9.92. The lowest BCUT2D eigenvalue weighted by atomic mass is 10.1. The molecule has 2 aromatic rings. The Bertz CT molecular complexity index is 462. The van der Waals surface area contributed by atoms with Gasteiger partial charge in [0.25, 0.3) is 0 Å². The van der Waals surface area contributed by atoms with Crippen LogP contribution in [-0.2, 0) is 0 Å². The van der Waals surface area contributed by atoms with Gasteiger partial charge in [-0.15, -0.1) is 0 Å². The molecule has 0 bridgehead atoms. The van der Waals surface area contributed by atoms with Gasteiger partial charge >= 0.3 is 0 Å². The van der Waals surface area contributed by atoms with Crippen molar-refractivity contribution < 1.29 is 4.74 Å². The molecule has 0 fully saturated rings. The van der Waals surface area contributed by atoms with Crippen LogP contribution < -0.4 is 4.74 Å². The largest absolute Gasteiger partial charge is 0.469 e. The first-order chi connectivity index (χ1) is 7.75. The van der Waals surface area contributed by atoms with E-state index in [-0.39, 0.29) is 6.10 Å². The number of nitrogens with zero attached hydrogens (tertiary/aromatic N) is 2. The van der Waals surface area contributed by atoms with Gasteiger partial charge in [0.2, 0.25) is 5.88 Å². The average Bonchev–Trinajstić information content (AvgIpc) is 2.30. The van der Waals surface area contributed by atoms with Crippen molar-refractivity contribution in [2.24, 2.45) is 0 Å². The van der Waals surface area contributed by atoms with Gasteiger partial charge < -0.3 is 4.74 Å². The molecule has 0 saturated heterocycles. The SMILES string of the molecule is C[C@H](Oc1cncc(Cl)n1)c1ccccc1. The summed E-state index contributed by atoms with van der Waals surface area (Å²) >= 11 is 5.72. The van der Waals surface area contributed by atoms with Crippen molar-refractivity contribution in [3.63, 3.8) is 0 Å². The minimum Gasteiger partial charge on any atom is -0.469 e. The van der Waals surface area contributed by atoms with Gasteiger partial charge in [-0.1, -0.05) is 41.9 Å². The first-order valence-electron chi connectivity index (χ1n) is 4.95. The van der Waals surface area contributed by atoms with Crippen LogP contribution >= 0.6 is 11.6 Å². The zero-order valence-corrected chi connectivity index (χ0v) is 9.56. The molecule has 4 heteroatoms. The molecule has 0 radical (unpaired) electrons. The van der Waals surface area contributed by atoms with Crippen LogP contribution in [0.1, 0.15) is 18.6 Å². The lowest BCUT2D eigenvalue weighted by Gasteiger charge is -2.13. The standard InChI is InChI=1S/C12H11ClN2O/c1-9(10-5-3-2-4-6-10)16-12-8-14-7-11(13)15-12/h2-9H,1H3/t9-/m0/s1. The van der Waals surface area contributed by atoms with Crippen LogP contribution in [0.4, 0.5) is 0 Å². The predicted octanol–water partition coefficient (Wildman–Crippen LogP) is 3.27. The minimum absolute atomic E-state index is 0.0750. The summed E-state index contributed by atoms with van der Waals surface area (Å²) in [5.41, 5.74) is 1.09. The van der Waals surface area contributed by atoms with Crippen LogP contribution in [0.15, 0.2) is 42.7 Å². The van der Waals surface area contributed by atoms with Crippen molar-refractivity contribution in [1.82, 2.24) is 9.97 Å². The van der Waals surface area contributed by atoms with E-state index in [1.165, 1.54) is 6.20 Å². The van der Waals surface area contributed by atoms with Crippen molar-refractivity contribution in [1.29, 1.82) is 0 Å². The first-order valence-corrected chi connectivity index (χ1v) is 5.32. The maximum Gasteiger partial charge on any atom is 0.234 e. The molecule has 0 aliphatic rings. The lowest BCUT2D eigenvalue weighted by molar-refractivity contribution is 0.216.